The van der Waals surface area contributed by atoms with Crippen LogP contribution in [0.2, 0.25) is 0 Å². The molecule has 1 heterocycles. The predicted molar refractivity (Wildman–Crippen MR) is 130 cm³/mol. The van der Waals surface area contributed by atoms with Crippen LogP contribution in [0, 0.1) is 15.9 Å². The van der Waals surface area contributed by atoms with Crippen LogP contribution in [0.1, 0.15) is 52.8 Å². The Morgan fingerprint density at radius 3 is 2.34 bits per heavy atom. The number of nitrogens with zero attached hydrogens (tertiary/aromatic N) is 3. The molecule has 2 aromatic carbocycles. The van der Waals surface area contributed by atoms with E-state index in [9.17, 15) is 24.1 Å². The minimum absolute atomic E-state index is 0.0243. The van der Waals surface area contributed by atoms with Crippen LogP contribution in [0.25, 0.3) is 0 Å². The largest absolute Gasteiger partial charge is 0.364 e. The second-order valence-corrected chi connectivity index (χ2v) is 9.19. The molecule has 0 unspecified atom stereocenters. The van der Waals surface area contributed by atoms with Crippen LogP contribution in [0.3, 0.4) is 0 Å². The molecule has 2 amide bonds. The van der Waals surface area contributed by atoms with Crippen molar-refractivity contribution in [1.29, 1.82) is 0 Å². The Morgan fingerprint density at radius 1 is 0.971 bits per heavy atom. The van der Waals surface area contributed by atoms with Crippen LogP contribution < -0.4 is 16.0 Å². The van der Waals surface area contributed by atoms with Gasteiger partial charge in [0.1, 0.15) is 11.5 Å². The lowest BCUT2D eigenvalue weighted by molar-refractivity contribution is -0.384. The Kier molecular flexibility index (Phi) is 7.60. The summed E-state index contributed by atoms with van der Waals surface area (Å²) in [5, 5.41) is 14.8. The number of nitrogens with two attached hydrogens (primary N) is 1. The molecule has 0 atom stereocenters. The highest BCUT2D eigenvalue weighted by atomic mass is 19.1. The zero-order chi connectivity index (χ0) is 24.9. The van der Waals surface area contributed by atoms with E-state index in [4.69, 9.17) is 5.73 Å². The third-order valence-corrected chi connectivity index (χ3v) is 6.76. The molecular formula is C25H30FN5O4. The first-order valence-electron chi connectivity index (χ1n) is 12.0. The highest BCUT2D eigenvalue weighted by Gasteiger charge is 2.27. The number of hydrogen-bond acceptors (Lipinski definition) is 6. The molecule has 2 aromatic rings. The summed E-state index contributed by atoms with van der Waals surface area (Å²) >= 11 is 0. The molecule has 3 N–H and O–H groups in total. The standard InChI is InChI=1S/C25H30FN5O4/c26-19-5-2-17(3-6-19)25(33)30-13-1-12-29(14-15-30)22-11-4-18(16-23(22)31(34)35)24(32)28-21-9-7-20(27)8-10-21/h2-6,11,16,20-21H,1,7-10,12-15,27H2,(H,28,32). The minimum atomic E-state index is -0.474. The van der Waals surface area contributed by atoms with Crippen molar-refractivity contribution in [2.75, 3.05) is 31.1 Å². The van der Waals surface area contributed by atoms with Gasteiger partial charge in [0.05, 0.1) is 4.92 Å². The fourth-order valence-corrected chi connectivity index (χ4v) is 4.75. The zero-order valence-electron chi connectivity index (χ0n) is 19.5. The van der Waals surface area contributed by atoms with Crippen LogP contribution >= 0.6 is 0 Å². The average Bonchev–Trinajstić information content (AvgIpc) is 3.11. The van der Waals surface area contributed by atoms with E-state index in [1.807, 2.05) is 4.90 Å². The third kappa shape index (κ3) is 5.94. The maximum atomic E-state index is 13.2. The lowest BCUT2D eigenvalue weighted by Crippen LogP contribution is -2.40. The van der Waals surface area contributed by atoms with Gasteiger partial charge in [-0.25, -0.2) is 4.39 Å². The molecule has 1 aliphatic carbocycles. The van der Waals surface area contributed by atoms with Crippen LogP contribution in [-0.4, -0.2) is 59.9 Å². The molecule has 186 valence electrons. The number of nitro benzene ring substituents is 1. The van der Waals surface area contributed by atoms with Crippen molar-refractivity contribution < 1.29 is 18.9 Å². The van der Waals surface area contributed by atoms with E-state index in [-0.39, 0.29) is 35.1 Å². The highest BCUT2D eigenvalue weighted by molar-refractivity contribution is 5.96. The van der Waals surface area contributed by atoms with Crippen molar-refractivity contribution >= 4 is 23.2 Å². The second kappa shape index (κ2) is 10.8. The van der Waals surface area contributed by atoms with Crippen molar-refractivity contribution in [3.8, 4) is 0 Å². The van der Waals surface area contributed by atoms with Gasteiger partial charge in [-0.05, 0) is 68.5 Å². The first-order chi connectivity index (χ1) is 16.8. The highest BCUT2D eigenvalue weighted by Crippen LogP contribution is 2.30. The fraction of sp³-hybridized carbons (Fsp3) is 0.440. The Bertz CT molecular complexity index is 1090. The Morgan fingerprint density at radius 2 is 1.66 bits per heavy atom. The zero-order valence-corrected chi connectivity index (χ0v) is 19.5. The number of amides is 2. The van der Waals surface area contributed by atoms with Gasteiger partial charge in [-0.1, -0.05) is 0 Å². The number of benzene rings is 2. The van der Waals surface area contributed by atoms with Gasteiger partial charge in [-0.15, -0.1) is 0 Å². The van der Waals surface area contributed by atoms with Crippen LogP contribution in [0.15, 0.2) is 42.5 Å². The fourth-order valence-electron chi connectivity index (χ4n) is 4.75. The molecule has 1 saturated carbocycles. The predicted octanol–water partition coefficient (Wildman–Crippen LogP) is 3.09. The van der Waals surface area contributed by atoms with E-state index < -0.39 is 10.7 Å². The lowest BCUT2D eigenvalue weighted by atomic mass is 9.91. The molecule has 1 aliphatic heterocycles. The number of carbonyl (C=O) groups is 2. The van der Waals surface area contributed by atoms with Gasteiger partial charge in [0.25, 0.3) is 17.5 Å². The van der Waals surface area contributed by atoms with Gasteiger partial charge in [-0.2, -0.15) is 0 Å². The number of halogens is 1. The summed E-state index contributed by atoms with van der Waals surface area (Å²) < 4.78 is 13.2. The average molecular weight is 484 g/mol. The first-order valence-corrected chi connectivity index (χ1v) is 12.0. The monoisotopic (exact) mass is 483 g/mol. The van der Waals surface area contributed by atoms with Crippen LogP contribution in [-0.2, 0) is 0 Å². The number of carbonyl (C=O) groups excluding carboxylic acids is 2. The molecule has 0 radical (unpaired) electrons. The molecule has 10 heteroatoms. The van der Waals surface area contributed by atoms with Crippen LogP contribution in [0.5, 0.6) is 0 Å². The van der Waals surface area contributed by atoms with Crippen LogP contribution in [0.4, 0.5) is 15.8 Å². The van der Waals surface area contributed by atoms with Crippen molar-refractivity contribution in [1.82, 2.24) is 10.2 Å². The quantitative estimate of drug-likeness (QED) is 0.498. The van der Waals surface area contributed by atoms with Crippen molar-refractivity contribution in [2.45, 2.75) is 44.2 Å². The Labute approximate surface area is 203 Å². The van der Waals surface area contributed by atoms with E-state index in [2.05, 4.69) is 5.32 Å². The van der Waals surface area contributed by atoms with Crippen molar-refractivity contribution in [3.05, 3.63) is 69.5 Å². The summed E-state index contributed by atoms with van der Waals surface area (Å²) in [5.41, 5.74) is 6.86. The molecule has 0 bridgehead atoms. The number of anilines is 1. The summed E-state index contributed by atoms with van der Waals surface area (Å²) in [5.74, 6) is -0.930. The molecule has 2 fully saturated rings. The molecule has 0 aromatic heterocycles. The van der Waals surface area contributed by atoms with Gasteiger partial charge >= 0.3 is 0 Å². The Balaban J connectivity index is 1.45. The summed E-state index contributed by atoms with van der Waals surface area (Å²) in [6.07, 6.45) is 3.91. The maximum Gasteiger partial charge on any atom is 0.293 e. The van der Waals surface area contributed by atoms with E-state index in [0.29, 0.717) is 43.9 Å². The van der Waals surface area contributed by atoms with E-state index >= 15 is 0 Å². The van der Waals surface area contributed by atoms with Crippen molar-refractivity contribution in [3.63, 3.8) is 0 Å². The number of rotatable bonds is 5. The van der Waals surface area contributed by atoms with Gasteiger partial charge in [0, 0.05) is 55.5 Å². The normalized spacial score (nSPS) is 20.7. The SMILES string of the molecule is NC1CCC(NC(=O)c2ccc(N3CCCN(C(=O)c4ccc(F)cc4)CC3)c([N+](=O)[O-])c2)CC1. The maximum absolute atomic E-state index is 13.2. The van der Waals surface area contributed by atoms with Gasteiger partial charge in [-0.3, -0.25) is 19.7 Å². The molecular weight excluding hydrogens is 453 g/mol. The molecule has 1 saturated heterocycles. The van der Waals surface area contributed by atoms with E-state index in [0.717, 1.165) is 25.7 Å². The smallest absolute Gasteiger partial charge is 0.293 e. The minimum Gasteiger partial charge on any atom is -0.364 e. The van der Waals surface area contributed by atoms with Gasteiger partial charge in [0.2, 0.25) is 0 Å². The summed E-state index contributed by atoms with van der Waals surface area (Å²) in [6, 6.07) is 10.2. The van der Waals surface area contributed by atoms with Gasteiger partial charge < -0.3 is 20.9 Å². The lowest BCUT2D eigenvalue weighted by Gasteiger charge is -2.27. The number of nitro groups is 1. The number of nitrogens with one attached hydrogen (secondary N) is 1. The van der Waals surface area contributed by atoms with Gasteiger partial charge in [0.15, 0.2) is 0 Å². The summed E-state index contributed by atoms with van der Waals surface area (Å²) in [6.45, 7) is 1.80. The molecule has 35 heavy (non-hydrogen) atoms. The first kappa shape index (κ1) is 24.6. The van der Waals surface area contributed by atoms with Crippen molar-refractivity contribution in [2.24, 2.45) is 5.73 Å². The molecule has 4 rings (SSSR count). The summed E-state index contributed by atoms with van der Waals surface area (Å²) in [4.78, 5) is 40.5. The molecule has 9 nitrogen and oxygen atoms in total. The van der Waals surface area contributed by atoms with E-state index in [1.54, 1.807) is 17.0 Å². The molecule has 0 spiro atoms. The summed E-state index contributed by atoms with van der Waals surface area (Å²) in [7, 11) is 0. The topological polar surface area (TPSA) is 122 Å². The number of hydrogen-bond donors (Lipinski definition) is 2. The third-order valence-electron chi connectivity index (χ3n) is 6.76. The second-order valence-electron chi connectivity index (χ2n) is 9.19. The Hall–Kier alpha value is -3.53. The van der Waals surface area contributed by atoms with E-state index in [1.165, 1.54) is 30.3 Å². The molecule has 2 aliphatic rings.